The lowest BCUT2D eigenvalue weighted by molar-refractivity contribution is -0.870. The minimum absolute atomic E-state index is 0.0208. The van der Waals surface area contributed by atoms with E-state index in [1.807, 2.05) is 0 Å². The van der Waals surface area contributed by atoms with Crippen molar-refractivity contribution in [1.29, 1.82) is 0 Å². The number of amides is 2. The van der Waals surface area contributed by atoms with E-state index < -0.39 is 35.1 Å². The third kappa shape index (κ3) is 14.7. The predicted molar refractivity (Wildman–Crippen MR) is 151 cm³/mol. The molecule has 11 heteroatoms. The van der Waals surface area contributed by atoms with Crippen LogP contribution in [0.4, 0.5) is 0 Å². The molecule has 0 aromatic rings. The fraction of sp³-hybridized carbons (Fsp3) is 0.793. The van der Waals surface area contributed by atoms with Crippen LogP contribution in [0.25, 0.3) is 0 Å². The van der Waals surface area contributed by atoms with Crippen LogP contribution in [0.2, 0.25) is 0 Å². The van der Waals surface area contributed by atoms with Gasteiger partial charge in [0.2, 0.25) is 11.8 Å². The summed E-state index contributed by atoms with van der Waals surface area (Å²) in [6.07, 6.45) is 2.07. The molecule has 0 heterocycles. The molecule has 3 atom stereocenters. The minimum atomic E-state index is -0.977. The van der Waals surface area contributed by atoms with Crippen LogP contribution in [0, 0.1) is 30.1 Å². The quantitative estimate of drug-likeness (QED) is 0.0916. The number of rotatable bonds is 21. The Hall–Kier alpha value is -2.53. The lowest BCUT2D eigenvalue weighted by Crippen LogP contribution is -2.42. The molecule has 0 spiro atoms. The lowest BCUT2D eigenvalue weighted by atomic mass is 9.76. The molecule has 0 bridgehead atoms. The average molecular weight is 571 g/mol. The first-order valence-electron chi connectivity index (χ1n) is 14.0. The van der Waals surface area contributed by atoms with E-state index >= 15 is 0 Å². The number of hydrogen-bond acceptors (Lipinski definition) is 8. The van der Waals surface area contributed by atoms with E-state index in [9.17, 15) is 29.1 Å². The molecule has 0 aliphatic rings. The Morgan fingerprint density at radius 3 is 2.12 bits per heavy atom. The van der Waals surface area contributed by atoms with Crippen LogP contribution in [0.1, 0.15) is 59.3 Å². The van der Waals surface area contributed by atoms with Crippen molar-refractivity contribution in [3.63, 3.8) is 0 Å². The van der Waals surface area contributed by atoms with Gasteiger partial charge in [0.05, 0.1) is 59.3 Å². The summed E-state index contributed by atoms with van der Waals surface area (Å²) in [5, 5.41) is 12.1. The topological polar surface area (TPSA) is 139 Å². The van der Waals surface area contributed by atoms with E-state index in [0.717, 1.165) is 17.4 Å². The van der Waals surface area contributed by atoms with Crippen molar-refractivity contribution < 1.29 is 43.0 Å². The van der Waals surface area contributed by atoms with Crippen molar-refractivity contribution in [1.82, 2.24) is 10.2 Å². The molecule has 0 aromatic carbocycles. The normalized spacial score (nSPS) is 14.0. The number of aliphatic hydroxyl groups excluding tert-OH is 1. The highest BCUT2D eigenvalue weighted by Crippen LogP contribution is 2.33. The van der Waals surface area contributed by atoms with Crippen molar-refractivity contribution in [3.05, 3.63) is 6.92 Å². The van der Waals surface area contributed by atoms with E-state index in [2.05, 4.69) is 26.5 Å². The largest absolute Gasteiger partial charge is 0.465 e. The van der Waals surface area contributed by atoms with Crippen molar-refractivity contribution >= 4 is 30.0 Å². The number of aliphatic hydroxyl groups is 1. The maximum atomic E-state index is 13.1. The van der Waals surface area contributed by atoms with Crippen LogP contribution >= 0.6 is 0 Å². The van der Waals surface area contributed by atoms with Crippen molar-refractivity contribution in [2.24, 2.45) is 23.2 Å². The SMILES string of the molecule is [CH]CCOC(=O)C(CC(CC(C)(C)C(=O)NCCC[N+](C)(C)C)C(=O)OCCO)CC(CC)C(=O)N(C)CC=O. The number of aldehydes is 1. The highest BCUT2D eigenvalue weighted by Gasteiger charge is 2.38. The number of esters is 2. The Kier molecular flexibility index (Phi) is 17.6. The highest BCUT2D eigenvalue weighted by atomic mass is 16.5. The van der Waals surface area contributed by atoms with Crippen molar-refractivity contribution in [3.8, 4) is 0 Å². The van der Waals surface area contributed by atoms with Crippen LogP contribution in [0.3, 0.4) is 0 Å². The van der Waals surface area contributed by atoms with E-state index in [1.165, 1.54) is 11.9 Å². The van der Waals surface area contributed by atoms with Gasteiger partial charge in [0.25, 0.3) is 0 Å². The molecule has 0 rings (SSSR count). The Morgan fingerprint density at radius 2 is 1.60 bits per heavy atom. The van der Waals surface area contributed by atoms with Crippen LogP contribution in [0.5, 0.6) is 0 Å². The van der Waals surface area contributed by atoms with Gasteiger partial charge >= 0.3 is 11.9 Å². The van der Waals surface area contributed by atoms with Gasteiger partial charge in [-0.05, 0) is 39.0 Å². The summed E-state index contributed by atoms with van der Waals surface area (Å²) in [5.74, 6) is -4.10. The second-order valence-corrected chi connectivity index (χ2v) is 11.9. The Morgan fingerprint density at radius 1 is 1.02 bits per heavy atom. The highest BCUT2D eigenvalue weighted by molar-refractivity contribution is 5.84. The third-order valence-corrected chi connectivity index (χ3v) is 6.73. The molecule has 230 valence electrons. The number of carbonyl (C=O) groups is 5. The number of likely N-dealkylation sites (N-methyl/N-ethyl adjacent to an activating group) is 1. The summed E-state index contributed by atoms with van der Waals surface area (Å²) in [5.41, 5.74) is -0.977. The molecule has 0 saturated heterocycles. The molecule has 0 saturated carbocycles. The van der Waals surface area contributed by atoms with Crippen LogP contribution in [-0.4, -0.2) is 112 Å². The fourth-order valence-electron chi connectivity index (χ4n) is 4.44. The molecule has 11 nitrogen and oxygen atoms in total. The summed E-state index contributed by atoms with van der Waals surface area (Å²) in [6, 6.07) is 0. The molecule has 2 radical (unpaired) electrons. The van der Waals surface area contributed by atoms with E-state index in [0.29, 0.717) is 19.3 Å². The van der Waals surface area contributed by atoms with E-state index in [4.69, 9.17) is 16.4 Å². The van der Waals surface area contributed by atoms with E-state index in [1.54, 1.807) is 20.8 Å². The van der Waals surface area contributed by atoms with E-state index in [-0.39, 0.29) is 63.9 Å². The van der Waals surface area contributed by atoms with Crippen molar-refractivity contribution in [2.75, 3.05) is 67.6 Å². The van der Waals surface area contributed by atoms with Gasteiger partial charge in [-0.3, -0.25) is 19.2 Å². The minimum Gasteiger partial charge on any atom is -0.465 e. The number of hydrogen-bond donors (Lipinski definition) is 2. The molecule has 2 N–H and O–H groups in total. The Labute approximate surface area is 240 Å². The first-order chi connectivity index (χ1) is 18.6. The second-order valence-electron chi connectivity index (χ2n) is 11.9. The summed E-state index contributed by atoms with van der Waals surface area (Å²) in [4.78, 5) is 64.4. The zero-order chi connectivity index (χ0) is 30.9. The van der Waals surface area contributed by atoms with Gasteiger partial charge in [-0.2, -0.15) is 0 Å². The standard InChI is InChI=1S/C29H51N3O8/c1-9-17-39-26(36)23(19-22(10-2)25(35)31(5)13-15-33)20-24(27(37)40-18-16-34)21-29(3,4)28(38)30-12-11-14-32(6,7)8/h1,15,22-24,34H,9-14,16-21H2,2-8H3/p+1. The maximum absolute atomic E-state index is 13.1. The Bertz CT molecular complexity index is 810. The lowest BCUT2D eigenvalue weighted by Gasteiger charge is -2.31. The molecule has 3 unspecified atom stereocenters. The monoisotopic (exact) mass is 570 g/mol. The van der Waals surface area contributed by atoms with Gasteiger partial charge < -0.3 is 34.1 Å². The summed E-state index contributed by atoms with van der Waals surface area (Å²) < 4.78 is 11.3. The molecule has 40 heavy (non-hydrogen) atoms. The Balaban J connectivity index is 5.91. The zero-order valence-electron chi connectivity index (χ0n) is 25.6. The van der Waals surface area contributed by atoms with Crippen LogP contribution in [0.15, 0.2) is 0 Å². The smallest absolute Gasteiger partial charge is 0.309 e. The number of ether oxygens (including phenoxy) is 2. The second kappa shape index (κ2) is 18.7. The van der Waals surface area contributed by atoms with Crippen molar-refractivity contribution in [2.45, 2.75) is 59.3 Å². The first kappa shape index (κ1) is 37.5. The average Bonchev–Trinajstić information content (AvgIpc) is 2.88. The van der Waals surface area contributed by atoms with Crippen LogP contribution in [-0.2, 0) is 33.4 Å². The molecule has 0 aliphatic heterocycles. The summed E-state index contributed by atoms with van der Waals surface area (Å²) in [7, 11) is 7.72. The molecular weight excluding hydrogens is 518 g/mol. The molecular formula is C29H52N3O8+. The third-order valence-electron chi connectivity index (χ3n) is 6.73. The van der Waals surface area contributed by atoms with Gasteiger partial charge in [-0.15, -0.1) is 0 Å². The van der Waals surface area contributed by atoms with Crippen LogP contribution < -0.4 is 5.32 Å². The van der Waals surface area contributed by atoms with Gasteiger partial charge in [0.1, 0.15) is 12.9 Å². The molecule has 0 fully saturated rings. The summed E-state index contributed by atoms with van der Waals surface area (Å²) >= 11 is 0. The number of nitrogens with one attached hydrogen (secondary N) is 1. The number of quaternary nitrogens is 1. The summed E-state index contributed by atoms with van der Waals surface area (Å²) in [6.45, 7) is 11.4. The maximum Gasteiger partial charge on any atom is 0.309 e. The number of nitrogens with zero attached hydrogens (tertiary/aromatic N) is 2. The first-order valence-corrected chi connectivity index (χ1v) is 14.0. The van der Waals surface area contributed by atoms with Gasteiger partial charge in [-0.25, -0.2) is 0 Å². The van der Waals surface area contributed by atoms with Gasteiger partial charge in [0, 0.05) is 31.3 Å². The molecule has 2 amide bonds. The molecule has 0 aromatic heterocycles. The van der Waals surface area contributed by atoms with Gasteiger partial charge in [0.15, 0.2) is 0 Å². The fourth-order valence-corrected chi connectivity index (χ4v) is 4.44. The van der Waals surface area contributed by atoms with Gasteiger partial charge in [-0.1, -0.05) is 20.8 Å². The molecule has 0 aliphatic carbocycles. The predicted octanol–water partition coefficient (Wildman–Crippen LogP) is 1.49. The number of carbonyl (C=O) groups excluding carboxylic acids is 5. The zero-order valence-corrected chi connectivity index (χ0v) is 25.6.